The summed E-state index contributed by atoms with van der Waals surface area (Å²) >= 11 is 1.10. The first-order valence-electron chi connectivity index (χ1n) is 4.33. The van der Waals surface area contributed by atoms with Crippen LogP contribution in [0.15, 0.2) is 23.1 Å². The van der Waals surface area contributed by atoms with Crippen molar-refractivity contribution in [2.24, 2.45) is 5.73 Å². The van der Waals surface area contributed by atoms with Gasteiger partial charge in [0.1, 0.15) is 5.75 Å². The van der Waals surface area contributed by atoms with Crippen LogP contribution in [0.3, 0.4) is 0 Å². The maximum Gasteiger partial charge on any atom is 0.207 e. The fourth-order valence-corrected chi connectivity index (χ4v) is 2.16. The number of nitrogens with two attached hydrogens (primary N) is 1. The van der Waals surface area contributed by atoms with E-state index in [1.165, 1.54) is 0 Å². The van der Waals surface area contributed by atoms with Crippen LogP contribution in [0.5, 0.6) is 5.75 Å². The van der Waals surface area contributed by atoms with Gasteiger partial charge in [0.25, 0.3) is 0 Å². The summed E-state index contributed by atoms with van der Waals surface area (Å²) in [6.07, 6.45) is 0.796. The SMILES string of the molecule is [B]C1(O)Oc2cc(CCN)ccc2S1. The largest absolute Gasteiger partial charge is 0.462 e. The van der Waals surface area contributed by atoms with Gasteiger partial charge in [0.2, 0.25) is 5.02 Å². The van der Waals surface area contributed by atoms with E-state index in [9.17, 15) is 5.11 Å². The molecule has 2 radical (unpaired) electrons. The second-order valence-electron chi connectivity index (χ2n) is 3.15. The van der Waals surface area contributed by atoms with Crippen LogP contribution in [0.4, 0.5) is 0 Å². The molecule has 0 fully saturated rings. The third-order valence-electron chi connectivity index (χ3n) is 1.95. The monoisotopic (exact) mass is 207 g/mol. The highest BCUT2D eigenvalue weighted by Crippen LogP contribution is 2.44. The molecule has 72 valence electrons. The summed E-state index contributed by atoms with van der Waals surface area (Å²) in [6, 6.07) is 5.71. The van der Waals surface area contributed by atoms with Gasteiger partial charge in [-0.1, -0.05) is 17.8 Å². The molecule has 3 N–H and O–H groups in total. The Balaban J connectivity index is 2.26. The molecule has 1 heterocycles. The van der Waals surface area contributed by atoms with Gasteiger partial charge < -0.3 is 15.6 Å². The van der Waals surface area contributed by atoms with Gasteiger partial charge in [-0.05, 0) is 30.7 Å². The molecule has 14 heavy (non-hydrogen) atoms. The lowest BCUT2D eigenvalue weighted by molar-refractivity contribution is 0.0270. The van der Waals surface area contributed by atoms with Gasteiger partial charge in [-0.25, -0.2) is 0 Å². The molecular weight excluding hydrogens is 197 g/mol. The van der Waals surface area contributed by atoms with Gasteiger partial charge in [-0.3, -0.25) is 0 Å². The zero-order valence-corrected chi connectivity index (χ0v) is 8.38. The van der Waals surface area contributed by atoms with Crippen LogP contribution in [-0.2, 0) is 6.42 Å². The summed E-state index contributed by atoms with van der Waals surface area (Å²) in [5.74, 6) is 0.631. The first-order valence-corrected chi connectivity index (χ1v) is 5.15. The van der Waals surface area contributed by atoms with Crippen molar-refractivity contribution in [2.75, 3.05) is 6.54 Å². The summed E-state index contributed by atoms with van der Waals surface area (Å²) in [5, 5.41) is 7.81. The fraction of sp³-hybridized carbons (Fsp3) is 0.333. The Labute approximate surface area is 88.0 Å². The van der Waals surface area contributed by atoms with Crippen molar-refractivity contribution in [1.29, 1.82) is 0 Å². The highest BCUT2D eigenvalue weighted by Gasteiger charge is 2.32. The number of hydrogen-bond donors (Lipinski definition) is 2. The number of ether oxygens (including phenoxy) is 1. The van der Waals surface area contributed by atoms with Crippen molar-refractivity contribution in [1.82, 2.24) is 0 Å². The zero-order chi connectivity index (χ0) is 10.2. The van der Waals surface area contributed by atoms with Crippen molar-refractivity contribution in [3.63, 3.8) is 0 Å². The van der Waals surface area contributed by atoms with Gasteiger partial charge >= 0.3 is 0 Å². The zero-order valence-electron chi connectivity index (χ0n) is 7.56. The maximum atomic E-state index is 9.43. The number of hydrogen-bond acceptors (Lipinski definition) is 4. The molecule has 0 saturated heterocycles. The van der Waals surface area contributed by atoms with Gasteiger partial charge in [-0.15, -0.1) is 0 Å². The van der Waals surface area contributed by atoms with E-state index in [4.69, 9.17) is 18.3 Å². The summed E-state index contributed by atoms with van der Waals surface area (Å²) < 4.78 is 5.14. The summed E-state index contributed by atoms with van der Waals surface area (Å²) in [6.45, 7) is 0.596. The smallest absolute Gasteiger partial charge is 0.207 e. The van der Waals surface area contributed by atoms with E-state index in [0.29, 0.717) is 12.3 Å². The molecule has 1 aromatic rings. The van der Waals surface area contributed by atoms with E-state index < -0.39 is 5.02 Å². The second kappa shape index (κ2) is 3.49. The van der Waals surface area contributed by atoms with Crippen molar-refractivity contribution in [2.45, 2.75) is 16.3 Å². The van der Waals surface area contributed by atoms with Crippen LogP contribution in [0.2, 0.25) is 0 Å². The van der Waals surface area contributed by atoms with E-state index in [1.807, 2.05) is 18.2 Å². The molecule has 1 aromatic carbocycles. The van der Waals surface area contributed by atoms with E-state index in [0.717, 1.165) is 28.6 Å². The predicted molar refractivity (Wildman–Crippen MR) is 56.4 cm³/mol. The summed E-state index contributed by atoms with van der Waals surface area (Å²) in [4.78, 5) is 0.857. The maximum absolute atomic E-state index is 9.43. The van der Waals surface area contributed by atoms with E-state index in [1.54, 1.807) is 0 Å². The van der Waals surface area contributed by atoms with Crippen LogP contribution < -0.4 is 10.5 Å². The van der Waals surface area contributed by atoms with Crippen molar-refractivity contribution < 1.29 is 9.84 Å². The average Bonchev–Trinajstić information content (AvgIpc) is 2.38. The third-order valence-corrected chi connectivity index (χ3v) is 2.89. The van der Waals surface area contributed by atoms with E-state index in [2.05, 4.69) is 0 Å². The van der Waals surface area contributed by atoms with Crippen LogP contribution >= 0.6 is 11.8 Å². The second-order valence-corrected chi connectivity index (χ2v) is 4.38. The Morgan fingerprint density at radius 3 is 3.07 bits per heavy atom. The minimum absolute atomic E-state index is 0.596. The van der Waals surface area contributed by atoms with Gasteiger partial charge in [0, 0.05) is 0 Å². The Morgan fingerprint density at radius 1 is 1.57 bits per heavy atom. The molecule has 0 aliphatic carbocycles. The molecule has 1 aliphatic rings. The summed E-state index contributed by atoms with van der Waals surface area (Å²) in [7, 11) is 5.42. The molecule has 1 atom stereocenters. The molecule has 0 saturated carbocycles. The Bertz CT molecular complexity index is 357. The van der Waals surface area contributed by atoms with Gasteiger partial charge in [-0.2, -0.15) is 0 Å². The first kappa shape index (κ1) is 9.89. The Kier molecular flexibility index (Phi) is 2.47. The number of aliphatic hydroxyl groups is 1. The number of thioether (sulfide) groups is 1. The number of benzene rings is 1. The van der Waals surface area contributed by atoms with Crippen molar-refractivity contribution in [3.05, 3.63) is 23.8 Å². The van der Waals surface area contributed by atoms with Gasteiger partial charge in [0.15, 0.2) is 7.85 Å². The minimum Gasteiger partial charge on any atom is -0.462 e. The molecule has 5 heteroatoms. The average molecular weight is 207 g/mol. The number of rotatable bonds is 2. The van der Waals surface area contributed by atoms with Crippen LogP contribution in [-0.4, -0.2) is 24.5 Å². The highest BCUT2D eigenvalue weighted by atomic mass is 32.2. The normalized spacial score (nSPS) is 24.4. The Hall–Kier alpha value is -0.645. The highest BCUT2D eigenvalue weighted by molar-refractivity contribution is 8.01. The number of fused-ring (bicyclic) bond motifs is 1. The molecule has 1 aliphatic heterocycles. The molecule has 0 spiro atoms. The lowest BCUT2D eigenvalue weighted by atomic mass is 10.1. The lowest BCUT2D eigenvalue weighted by Gasteiger charge is -2.14. The Morgan fingerprint density at radius 2 is 2.36 bits per heavy atom. The quantitative estimate of drug-likeness (QED) is 0.691. The molecule has 1 unspecified atom stereocenters. The van der Waals surface area contributed by atoms with Crippen molar-refractivity contribution >= 4 is 19.6 Å². The lowest BCUT2D eigenvalue weighted by Crippen LogP contribution is -2.27. The van der Waals surface area contributed by atoms with Crippen LogP contribution in [0.1, 0.15) is 5.56 Å². The third kappa shape index (κ3) is 1.89. The molecule has 0 aromatic heterocycles. The van der Waals surface area contributed by atoms with E-state index in [-0.39, 0.29) is 0 Å². The minimum atomic E-state index is -1.62. The first-order chi connectivity index (χ1) is 6.61. The van der Waals surface area contributed by atoms with Crippen LogP contribution in [0, 0.1) is 0 Å². The van der Waals surface area contributed by atoms with Crippen LogP contribution in [0.25, 0.3) is 0 Å². The fourth-order valence-electron chi connectivity index (χ4n) is 1.37. The predicted octanol–water partition coefficient (Wildman–Crippen LogP) is 0.444. The molecule has 0 bridgehead atoms. The standard InChI is InChI=1S/C9H10BNO2S/c10-9(12)13-7-5-6(3-4-11)1-2-8(7)14-9/h1-2,5,12H,3-4,11H2. The molecule has 2 rings (SSSR count). The molecule has 0 amide bonds. The van der Waals surface area contributed by atoms with E-state index >= 15 is 0 Å². The van der Waals surface area contributed by atoms with Gasteiger partial charge in [0.05, 0.1) is 4.90 Å². The molecular formula is C9H10BNO2S. The topological polar surface area (TPSA) is 55.5 Å². The molecule has 3 nitrogen and oxygen atoms in total. The summed E-state index contributed by atoms with van der Waals surface area (Å²) in [5.41, 5.74) is 6.53. The van der Waals surface area contributed by atoms with Crippen molar-refractivity contribution in [3.8, 4) is 5.75 Å².